The van der Waals surface area contributed by atoms with Crippen LogP contribution in [-0.2, 0) is 20.2 Å². The lowest BCUT2D eigenvalue weighted by atomic mass is 10.1. The minimum absolute atomic E-state index is 0.219. The van der Waals surface area contributed by atoms with E-state index in [9.17, 15) is 40.6 Å². The van der Waals surface area contributed by atoms with Crippen molar-refractivity contribution in [2.24, 2.45) is 0 Å². The number of carboxylic acid groups (broad SMARTS) is 1. The lowest BCUT2D eigenvalue weighted by Crippen LogP contribution is -2.23. The van der Waals surface area contributed by atoms with Gasteiger partial charge in [0.05, 0.1) is 15.8 Å². The highest BCUT2D eigenvalue weighted by atomic mass is 32.2. The van der Waals surface area contributed by atoms with Crippen LogP contribution in [-0.4, -0.2) is 37.8 Å². The van der Waals surface area contributed by atoms with Crippen molar-refractivity contribution in [2.75, 3.05) is 11.1 Å². The molecule has 3 N–H and O–H groups in total. The van der Waals surface area contributed by atoms with Crippen LogP contribution in [0.4, 0.5) is 11.4 Å². The number of hydrogen-bond donors (Lipinski definition) is 2. The van der Waals surface area contributed by atoms with Crippen LogP contribution >= 0.6 is 0 Å². The summed E-state index contributed by atoms with van der Waals surface area (Å²) in [6.45, 7) is 0. The zero-order valence-electron chi connectivity index (χ0n) is 13.0. The number of anilines is 2. The summed E-state index contributed by atoms with van der Waals surface area (Å²) < 4.78 is 66.6. The summed E-state index contributed by atoms with van der Waals surface area (Å²) in [5.41, 5.74) is 3.75. The first kappa shape index (κ1) is 20.3. The van der Waals surface area contributed by atoms with Crippen molar-refractivity contribution < 1.29 is 40.6 Å². The number of rotatable bonds is 5. The van der Waals surface area contributed by atoms with Gasteiger partial charge < -0.3 is 30.1 Å². The van der Waals surface area contributed by atoms with Crippen LogP contribution in [0.25, 0.3) is 0 Å². The number of carbonyl (C=O) groups excluding carboxylic acids is 2. The Morgan fingerprint density at radius 3 is 1.85 bits per heavy atom. The second-order valence-electron chi connectivity index (χ2n) is 5.19. The number of nitrogens with one attached hydrogen (secondary N) is 1. The van der Waals surface area contributed by atoms with Gasteiger partial charge in [0.1, 0.15) is 20.2 Å². The van der Waals surface area contributed by atoms with Gasteiger partial charge in [0.15, 0.2) is 0 Å². The molecular formula is C14H9N2O9S2-3. The van der Waals surface area contributed by atoms with Crippen molar-refractivity contribution in [1.29, 1.82) is 0 Å². The van der Waals surface area contributed by atoms with E-state index in [4.69, 9.17) is 5.73 Å². The van der Waals surface area contributed by atoms with Gasteiger partial charge in [-0.3, -0.25) is 4.79 Å². The maximum absolute atomic E-state index is 12.2. The van der Waals surface area contributed by atoms with Crippen LogP contribution in [0.2, 0.25) is 0 Å². The SMILES string of the molecule is Nc1cc(C(=O)Nc2cc(C(=O)[O-])cc(S(=O)(=O)[O-])c2)cc(S(=O)(=O)[O-])c1. The Balaban J connectivity index is 2.48. The third-order valence-corrected chi connectivity index (χ3v) is 4.79. The zero-order chi connectivity index (χ0) is 20.6. The second-order valence-corrected chi connectivity index (χ2v) is 7.95. The quantitative estimate of drug-likeness (QED) is 0.436. The van der Waals surface area contributed by atoms with Crippen molar-refractivity contribution in [2.45, 2.75) is 9.79 Å². The van der Waals surface area contributed by atoms with E-state index < -0.39 is 53.2 Å². The Labute approximate surface area is 152 Å². The Morgan fingerprint density at radius 2 is 1.33 bits per heavy atom. The van der Waals surface area contributed by atoms with Gasteiger partial charge in [-0.1, -0.05) is 0 Å². The predicted molar refractivity (Wildman–Crippen MR) is 85.5 cm³/mol. The molecule has 0 unspecified atom stereocenters. The van der Waals surface area contributed by atoms with Crippen LogP contribution in [0.1, 0.15) is 20.7 Å². The number of amides is 1. The topological polar surface area (TPSA) is 210 Å². The van der Waals surface area contributed by atoms with E-state index in [0.717, 1.165) is 24.3 Å². The number of hydrogen-bond acceptors (Lipinski definition) is 10. The first-order valence-corrected chi connectivity index (χ1v) is 9.59. The molecule has 2 rings (SSSR count). The summed E-state index contributed by atoms with van der Waals surface area (Å²) >= 11 is 0. The summed E-state index contributed by atoms with van der Waals surface area (Å²) in [6, 6.07) is 4.65. The van der Waals surface area contributed by atoms with E-state index in [1.165, 1.54) is 0 Å². The monoisotopic (exact) mass is 413 g/mol. The molecule has 0 aromatic heterocycles. The molecule has 0 bridgehead atoms. The molecule has 13 heteroatoms. The molecule has 0 saturated carbocycles. The highest BCUT2D eigenvalue weighted by molar-refractivity contribution is 7.86. The van der Waals surface area contributed by atoms with Gasteiger partial charge in [-0.05, 0) is 36.4 Å². The maximum atomic E-state index is 12.2. The molecule has 0 fully saturated rings. The molecule has 27 heavy (non-hydrogen) atoms. The Hall–Kier alpha value is -3.00. The van der Waals surface area contributed by atoms with E-state index in [0.29, 0.717) is 12.1 Å². The molecule has 2 aromatic carbocycles. The maximum Gasteiger partial charge on any atom is 0.255 e. The largest absolute Gasteiger partial charge is 0.744 e. The van der Waals surface area contributed by atoms with E-state index in [1.807, 2.05) is 0 Å². The number of carboxylic acids is 1. The van der Waals surface area contributed by atoms with Gasteiger partial charge >= 0.3 is 0 Å². The lowest BCUT2D eigenvalue weighted by Gasteiger charge is -2.14. The molecule has 0 saturated heterocycles. The number of benzene rings is 2. The third kappa shape index (κ3) is 5.01. The number of aromatic carboxylic acids is 1. The van der Waals surface area contributed by atoms with Gasteiger partial charge in [0.2, 0.25) is 0 Å². The minimum Gasteiger partial charge on any atom is -0.744 e. The smallest absolute Gasteiger partial charge is 0.255 e. The van der Waals surface area contributed by atoms with Crippen molar-refractivity contribution in [1.82, 2.24) is 0 Å². The van der Waals surface area contributed by atoms with Crippen LogP contribution in [0.5, 0.6) is 0 Å². The fourth-order valence-corrected chi connectivity index (χ4v) is 3.13. The van der Waals surface area contributed by atoms with Crippen LogP contribution < -0.4 is 16.2 Å². The fourth-order valence-electron chi connectivity index (χ4n) is 2.03. The second kappa shape index (κ2) is 6.96. The molecule has 0 aliphatic carbocycles. The molecule has 0 aliphatic rings. The van der Waals surface area contributed by atoms with Gasteiger partial charge in [0, 0.05) is 22.5 Å². The molecule has 2 aromatic rings. The van der Waals surface area contributed by atoms with E-state index in [1.54, 1.807) is 0 Å². The highest BCUT2D eigenvalue weighted by Gasteiger charge is 2.14. The van der Waals surface area contributed by atoms with E-state index in [2.05, 4.69) is 5.32 Å². The van der Waals surface area contributed by atoms with Gasteiger partial charge in [-0.2, -0.15) is 0 Å². The van der Waals surface area contributed by atoms with Crippen LogP contribution in [0.3, 0.4) is 0 Å². The van der Waals surface area contributed by atoms with Gasteiger partial charge in [0.25, 0.3) is 5.91 Å². The highest BCUT2D eigenvalue weighted by Crippen LogP contribution is 2.21. The number of nitrogen functional groups attached to an aromatic ring is 1. The normalized spacial score (nSPS) is 11.8. The first-order chi connectivity index (χ1) is 12.3. The molecule has 0 radical (unpaired) electrons. The van der Waals surface area contributed by atoms with Gasteiger partial charge in [-0.25, -0.2) is 16.8 Å². The summed E-state index contributed by atoms with van der Waals surface area (Å²) in [5.74, 6) is -2.85. The number of nitrogens with two attached hydrogens (primary N) is 1. The molecule has 0 atom stereocenters. The molecular weight excluding hydrogens is 404 g/mol. The standard InChI is InChI=1S/C14H12N2O9S2/c15-9-1-7(3-11(5-9)26(20,21)22)13(17)16-10-2-8(14(18)19)4-12(6-10)27(23,24)25/h1-6H,15H2,(H,16,17)(H,18,19)(H,20,21,22)(H,23,24,25)/p-3. The zero-order valence-corrected chi connectivity index (χ0v) is 14.7. The first-order valence-electron chi connectivity index (χ1n) is 6.77. The summed E-state index contributed by atoms with van der Waals surface area (Å²) in [6.07, 6.45) is 0. The van der Waals surface area contributed by atoms with Gasteiger partial charge in [-0.15, -0.1) is 0 Å². The lowest BCUT2D eigenvalue weighted by molar-refractivity contribution is -0.255. The average Bonchev–Trinajstić information content (AvgIpc) is 2.52. The number of carbonyl (C=O) groups is 2. The molecule has 0 aliphatic heterocycles. The molecule has 144 valence electrons. The molecule has 1 amide bonds. The van der Waals surface area contributed by atoms with E-state index in [-0.39, 0.29) is 11.3 Å². The molecule has 0 spiro atoms. The van der Waals surface area contributed by atoms with Crippen LogP contribution in [0, 0.1) is 0 Å². The van der Waals surface area contributed by atoms with Crippen molar-refractivity contribution >= 4 is 43.5 Å². The fraction of sp³-hybridized carbons (Fsp3) is 0. The predicted octanol–water partition coefficient (Wildman–Crippen LogP) is -1.31. The van der Waals surface area contributed by atoms with Crippen molar-refractivity contribution in [3.05, 3.63) is 47.5 Å². The average molecular weight is 413 g/mol. The van der Waals surface area contributed by atoms with E-state index >= 15 is 0 Å². The summed E-state index contributed by atoms with van der Waals surface area (Å²) in [5, 5.41) is 13.0. The van der Waals surface area contributed by atoms with Crippen LogP contribution in [0.15, 0.2) is 46.2 Å². The molecule has 11 nitrogen and oxygen atoms in total. The minimum atomic E-state index is -5.05. The summed E-state index contributed by atoms with van der Waals surface area (Å²) in [7, 11) is -9.96. The third-order valence-electron chi connectivity index (χ3n) is 3.17. The molecule has 0 heterocycles. The Kier molecular flexibility index (Phi) is 5.23. The van der Waals surface area contributed by atoms with Crippen molar-refractivity contribution in [3.8, 4) is 0 Å². The Morgan fingerprint density at radius 1 is 0.815 bits per heavy atom. The Bertz CT molecular complexity index is 1160. The van der Waals surface area contributed by atoms with Crippen molar-refractivity contribution in [3.63, 3.8) is 0 Å². The summed E-state index contributed by atoms with van der Waals surface area (Å²) in [4.78, 5) is 21.5.